The molecule has 0 aliphatic heterocycles. The molecule has 0 unspecified atom stereocenters. The zero-order chi connectivity index (χ0) is 13.1. The van der Waals surface area contributed by atoms with Gasteiger partial charge < -0.3 is 11.1 Å². The first-order chi connectivity index (χ1) is 7.89. The third-order valence-electron chi connectivity index (χ3n) is 3.24. The van der Waals surface area contributed by atoms with Gasteiger partial charge in [0.2, 0.25) is 0 Å². The van der Waals surface area contributed by atoms with Crippen LogP contribution in [0.15, 0.2) is 0 Å². The van der Waals surface area contributed by atoms with Gasteiger partial charge in [-0.1, -0.05) is 27.7 Å². The fourth-order valence-corrected chi connectivity index (χ4v) is 1.36. The summed E-state index contributed by atoms with van der Waals surface area (Å²) in [7, 11) is 0. The Morgan fingerprint density at radius 1 is 1.24 bits per heavy atom. The van der Waals surface area contributed by atoms with Gasteiger partial charge in [0.1, 0.15) is 17.5 Å². The minimum Gasteiger partial charge on any atom is -0.383 e. The van der Waals surface area contributed by atoms with Crippen LogP contribution in [0.25, 0.3) is 0 Å². The highest BCUT2D eigenvalue weighted by Crippen LogP contribution is 2.23. The lowest BCUT2D eigenvalue weighted by Crippen LogP contribution is -2.23. The summed E-state index contributed by atoms with van der Waals surface area (Å²) in [6, 6.07) is 0. The molecule has 1 rings (SSSR count). The standard InChI is InChI=1S/C13H24N4/c1-6-10-16-11(14)9(3)12(17-10)15-8-13(4,5)7-2/h6-8H2,1-5H3,(H3,14,15,16,17). The van der Waals surface area contributed by atoms with Gasteiger partial charge in [-0.25, -0.2) is 9.97 Å². The number of nitrogen functional groups attached to an aromatic ring is 1. The molecule has 1 aromatic heterocycles. The smallest absolute Gasteiger partial charge is 0.134 e. The normalized spacial score (nSPS) is 11.6. The molecule has 0 aliphatic carbocycles. The molecule has 1 heterocycles. The molecule has 0 bridgehead atoms. The van der Waals surface area contributed by atoms with Crippen LogP contribution < -0.4 is 11.1 Å². The third-order valence-corrected chi connectivity index (χ3v) is 3.24. The van der Waals surface area contributed by atoms with Crippen molar-refractivity contribution in [2.24, 2.45) is 5.41 Å². The number of rotatable bonds is 5. The third kappa shape index (κ3) is 3.58. The Labute approximate surface area is 104 Å². The number of nitrogens with one attached hydrogen (secondary N) is 1. The topological polar surface area (TPSA) is 63.8 Å². The molecule has 4 heteroatoms. The highest BCUT2D eigenvalue weighted by Gasteiger charge is 2.16. The van der Waals surface area contributed by atoms with Crippen LogP contribution in [0.2, 0.25) is 0 Å². The summed E-state index contributed by atoms with van der Waals surface area (Å²) < 4.78 is 0. The van der Waals surface area contributed by atoms with Gasteiger partial charge in [-0.05, 0) is 18.8 Å². The summed E-state index contributed by atoms with van der Waals surface area (Å²) in [6.45, 7) is 11.5. The summed E-state index contributed by atoms with van der Waals surface area (Å²) in [5.41, 5.74) is 7.08. The lowest BCUT2D eigenvalue weighted by Gasteiger charge is -2.24. The van der Waals surface area contributed by atoms with E-state index < -0.39 is 0 Å². The number of nitrogens with zero attached hydrogens (tertiary/aromatic N) is 2. The zero-order valence-electron chi connectivity index (χ0n) is 11.6. The largest absolute Gasteiger partial charge is 0.383 e. The van der Waals surface area contributed by atoms with Gasteiger partial charge in [-0.3, -0.25) is 0 Å². The molecule has 0 radical (unpaired) electrons. The van der Waals surface area contributed by atoms with E-state index in [0.29, 0.717) is 5.82 Å². The molecule has 0 spiro atoms. The SMILES string of the molecule is CCc1nc(N)c(C)c(NCC(C)(C)CC)n1. The summed E-state index contributed by atoms with van der Waals surface area (Å²) >= 11 is 0. The monoisotopic (exact) mass is 236 g/mol. The number of aryl methyl sites for hydroxylation is 1. The average molecular weight is 236 g/mol. The summed E-state index contributed by atoms with van der Waals surface area (Å²) in [6.07, 6.45) is 1.93. The first-order valence-corrected chi connectivity index (χ1v) is 6.26. The molecule has 0 saturated heterocycles. The Balaban J connectivity index is 2.87. The predicted octanol–water partition coefficient (Wildman–Crippen LogP) is 2.78. The predicted molar refractivity (Wildman–Crippen MR) is 73.1 cm³/mol. The molecular formula is C13H24N4. The summed E-state index contributed by atoms with van der Waals surface area (Å²) in [5.74, 6) is 2.24. The Bertz CT molecular complexity index is 385. The van der Waals surface area contributed by atoms with E-state index in [2.05, 4.69) is 36.1 Å². The maximum absolute atomic E-state index is 5.88. The van der Waals surface area contributed by atoms with Crippen LogP contribution in [0.3, 0.4) is 0 Å². The number of aromatic nitrogens is 2. The molecule has 1 aromatic rings. The molecule has 4 nitrogen and oxygen atoms in total. The quantitative estimate of drug-likeness (QED) is 0.825. The Morgan fingerprint density at radius 3 is 2.41 bits per heavy atom. The lowest BCUT2D eigenvalue weighted by atomic mass is 9.90. The Kier molecular flexibility index (Phi) is 4.32. The first-order valence-electron chi connectivity index (χ1n) is 6.26. The number of nitrogens with two attached hydrogens (primary N) is 1. The molecule has 17 heavy (non-hydrogen) atoms. The van der Waals surface area contributed by atoms with Gasteiger partial charge in [-0.15, -0.1) is 0 Å². The van der Waals surface area contributed by atoms with Crippen LogP contribution in [0.4, 0.5) is 11.6 Å². The van der Waals surface area contributed by atoms with E-state index >= 15 is 0 Å². The molecule has 0 fully saturated rings. The van der Waals surface area contributed by atoms with Gasteiger partial charge in [0.15, 0.2) is 0 Å². The first kappa shape index (κ1) is 13.7. The van der Waals surface area contributed by atoms with Crippen LogP contribution in [-0.4, -0.2) is 16.5 Å². The highest BCUT2D eigenvalue weighted by molar-refractivity contribution is 5.54. The second kappa shape index (κ2) is 5.34. The van der Waals surface area contributed by atoms with Crippen molar-refractivity contribution in [1.29, 1.82) is 0 Å². The van der Waals surface area contributed by atoms with Crippen molar-refractivity contribution in [3.05, 3.63) is 11.4 Å². The van der Waals surface area contributed by atoms with E-state index in [-0.39, 0.29) is 5.41 Å². The summed E-state index contributed by atoms with van der Waals surface area (Å²) in [4.78, 5) is 8.73. The van der Waals surface area contributed by atoms with Crippen molar-refractivity contribution >= 4 is 11.6 Å². The molecule has 0 saturated carbocycles. The van der Waals surface area contributed by atoms with Crippen LogP contribution in [-0.2, 0) is 6.42 Å². The Morgan fingerprint density at radius 2 is 1.88 bits per heavy atom. The van der Waals surface area contributed by atoms with Crippen molar-refractivity contribution in [1.82, 2.24) is 9.97 Å². The molecule has 0 amide bonds. The van der Waals surface area contributed by atoms with Crippen LogP contribution in [0, 0.1) is 12.3 Å². The average Bonchev–Trinajstić information content (AvgIpc) is 2.31. The number of anilines is 2. The van der Waals surface area contributed by atoms with E-state index in [1.165, 1.54) is 0 Å². The van der Waals surface area contributed by atoms with Crippen molar-refractivity contribution in [3.8, 4) is 0 Å². The highest BCUT2D eigenvalue weighted by atomic mass is 15.1. The number of hydrogen-bond donors (Lipinski definition) is 2. The molecular weight excluding hydrogens is 212 g/mol. The molecule has 0 aromatic carbocycles. The van der Waals surface area contributed by atoms with E-state index in [1.54, 1.807) is 0 Å². The van der Waals surface area contributed by atoms with Crippen LogP contribution in [0.1, 0.15) is 45.5 Å². The fraction of sp³-hybridized carbons (Fsp3) is 0.692. The van der Waals surface area contributed by atoms with E-state index in [9.17, 15) is 0 Å². The van der Waals surface area contributed by atoms with Gasteiger partial charge >= 0.3 is 0 Å². The van der Waals surface area contributed by atoms with Crippen molar-refractivity contribution in [3.63, 3.8) is 0 Å². The second-order valence-electron chi connectivity index (χ2n) is 5.22. The second-order valence-corrected chi connectivity index (χ2v) is 5.22. The lowest BCUT2D eigenvalue weighted by molar-refractivity contribution is 0.376. The molecule has 96 valence electrons. The maximum Gasteiger partial charge on any atom is 0.134 e. The minimum atomic E-state index is 0.262. The minimum absolute atomic E-state index is 0.262. The zero-order valence-corrected chi connectivity index (χ0v) is 11.6. The van der Waals surface area contributed by atoms with Crippen LogP contribution in [0.5, 0.6) is 0 Å². The van der Waals surface area contributed by atoms with E-state index in [4.69, 9.17) is 5.73 Å². The fourth-order valence-electron chi connectivity index (χ4n) is 1.36. The van der Waals surface area contributed by atoms with Crippen molar-refractivity contribution in [2.45, 2.75) is 47.5 Å². The summed E-state index contributed by atoms with van der Waals surface area (Å²) in [5, 5.41) is 3.39. The Hall–Kier alpha value is -1.32. The number of hydrogen-bond acceptors (Lipinski definition) is 4. The molecule has 3 N–H and O–H groups in total. The van der Waals surface area contributed by atoms with Crippen molar-refractivity contribution < 1.29 is 0 Å². The van der Waals surface area contributed by atoms with Gasteiger partial charge in [0, 0.05) is 18.5 Å². The van der Waals surface area contributed by atoms with E-state index in [1.807, 2.05) is 13.8 Å². The van der Waals surface area contributed by atoms with Crippen molar-refractivity contribution in [2.75, 3.05) is 17.6 Å². The van der Waals surface area contributed by atoms with Crippen LogP contribution >= 0.6 is 0 Å². The molecule has 0 aliphatic rings. The van der Waals surface area contributed by atoms with Gasteiger partial charge in [0.05, 0.1) is 0 Å². The van der Waals surface area contributed by atoms with E-state index in [0.717, 1.165) is 36.6 Å². The van der Waals surface area contributed by atoms with Gasteiger partial charge in [0.25, 0.3) is 0 Å². The van der Waals surface area contributed by atoms with Gasteiger partial charge in [-0.2, -0.15) is 0 Å². The molecule has 0 atom stereocenters. The maximum atomic E-state index is 5.88.